The number of nitrogens with zero attached hydrogens (tertiary/aromatic N) is 3. The van der Waals surface area contributed by atoms with Gasteiger partial charge in [-0.05, 0) is 68.8 Å². The Hall–Kier alpha value is -2.66. The molecule has 0 radical (unpaired) electrons. The first kappa shape index (κ1) is 20.1. The topological polar surface area (TPSA) is 51.4 Å². The van der Waals surface area contributed by atoms with E-state index in [0.29, 0.717) is 11.7 Å². The Morgan fingerprint density at radius 2 is 1.57 bits per heavy atom. The van der Waals surface area contributed by atoms with Crippen LogP contribution in [0.25, 0.3) is 22.8 Å². The zero-order chi connectivity index (χ0) is 19.6. The normalized spacial score (nSPS) is 11.1. The smallest absolute Gasteiger partial charge is 0.258 e. The highest BCUT2D eigenvalue weighted by molar-refractivity contribution is 5.60. The molecule has 1 aromatic heterocycles. The van der Waals surface area contributed by atoms with Crippen molar-refractivity contribution in [3.05, 3.63) is 54.6 Å². The summed E-state index contributed by atoms with van der Waals surface area (Å²) in [6, 6.07) is 17.6. The standard InChI is InChI=1S/C23H29N3O2/c1-3-15-26(16-4-2)17-8-18-27-21-13-11-19(12-14-21)22-24-23(28-25-22)20-9-6-5-7-10-20/h5-7,9-14H,3-4,8,15-18H2,1-2H3. The molecular formula is C23H29N3O2. The SMILES string of the molecule is CCCN(CCC)CCCOc1ccc(-c2noc(-c3ccccc3)n2)cc1. The summed E-state index contributed by atoms with van der Waals surface area (Å²) in [5, 5.41) is 4.09. The van der Waals surface area contributed by atoms with Gasteiger partial charge >= 0.3 is 0 Å². The molecular weight excluding hydrogens is 350 g/mol. The van der Waals surface area contributed by atoms with Gasteiger partial charge in [0.15, 0.2) is 0 Å². The average Bonchev–Trinajstić information content (AvgIpc) is 3.23. The van der Waals surface area contributed by atoms with E-state index < -0.39 is 0 Å². The van der Waals surface area contributed by atoms with Crippen LogP contribution in [0.2, 0.25) is 0 Å². The molecule has 0 aliphatic heterocycles. The van der Waals surface area contributed by atoms with E-state index in [1.54, 1.807) is 0 Å². The van der Waals surface area contributed by atoms with Crippen LogP contribution in [-0.2, 0) is 0 Å². The van der Waals surface area contributed by atoms with Gasteiger partial charge in [-0.3, -0.25) is 0 Å². The Bertz CT molecular complexity index is 809. The third-order valence-corrected chi connectivity index (χ3v) is 4.53. The van der Waals surface area contributed by atoms with Crippen LogP contribution in [0.5, 0.6) is 5.75 Å². The minimum atomic E-state index is 0.527. The van der Waals surface area contributed by atoms with Crippen LogP contribution in [0, 0.1) is 0 Å². The van der Waals surface area contributed by atoms with Crippen molar-refractivity contribution in [2.75, 3.05) is 26.2 Å². The fourth-order valence-corrected chi connectivity index (χ4v) is 3.18. The minimum Gasteiger partial charge on any atom is -0.494 e. The number of rotatable bonds is 11. The van der Waals surface area contributed by atoms with E-state index >= 15 is 0 Å². The monoisotopic (exact) mass is 379 g/mol. The minimum absolute atomic E-state index is 0.527. The van der Waals surface area contributed by atoms with Crippen LogP contribution in [0.3, 0.4) is 0 Å². The Morgan fingerprint density at radius 1 is 0.857 bits per heavy atom. The second-order valence-electron chi connectivity index (χ2n) is 6.86. The van der Waals surface area contributed by atoms with Crippen LogP contribution in [0.15, 0.2) is 59.1 Å². The van der Waals surface area contributed by atoms with Crippen molar-refractivity contribution in [2.24, 2.45) is 0 Å². The molecule has 3 aromatic rings. The lowest BCUT2D eigenvalue weighted by Gasteiger charge is -2.20. The van der Waals surface area contributed by atoms with Gasteiger partial charge in [0.1, 0.15) is 5.75 Å². The average molecular weight is 380 g/mol. The largest absolute Gasteiger partial charge is 0.494 e. The zero-order valence-corrected chi connectivity index (χ0v) is 16.8. The van der Waals surface area contributed by atoms with Crippen molar-refractivity contribution >= 4 is 0 Å². The highest BCUT2D eigenvalue weighted by atomic mass is 16.5. The van der Waals surface area contributed by atoms with Gasteiger partial charge in [-0.25, -0.2) is 0 Å². The fourth-order valence-electron chi connectivity index (χ4n) is 3.18. The fraction of sp³-hybridized carbons (Fsp3) is 0.391. The van der Waals surface area contributed by atoms with Crippen LogP contribution in [0.4, 0.5) is 0 Å². The molecule has 3 rings (SSSR count). The van der Waals surface area contributed by atoms with Crippen LogP contribution in [-0.4, -0.2) is 41.3 Å². The van der Waals surface area contributed by atoms with Gasteiger partial charge in [-0.2, -0.15) is 4.98 Å². The van der Waals surface area contributed by atoms with Gasteiger partial charge in [0, 0.05) is 17.7 Å². The predicted octanol–water partition coefficient (Wildman–Crippen LogP) is 5.29. The quantitative estimate of drug-likeness (QED) is 0.423. The zero-order valence-electron chi connectivity index (χ0n) is 16.8. The molecule has 2 aromatic carbocycles. The van der Waals surface area contributed by atoms with Gasteiger partial charge in [0.25, 0.3) is 5.89 Å². The molecule has 0 unspecified atom stereocenters. The summed E-state index contributed by atoms with van der Waals surface area (Å²) in [7, 11) is 0. The number of benzene rings is 2. The van der Waals surface area contributed by atoms with Crippen molar-refractivity contribution in [1.82, 2.24) is 15.0 Å². The number of ether oxygens (including phenoxy) is 1. The van der Waals surface area contributed by atoms with Gasteiger partial charge < -0.3 is 14.2 Å². The molecule has 0 amide bonds. The molecule has 0 saturated heterocycles. The number of hydrogen-bond acceptors (Lipinski definition) is 5. The van der Waals surface area contributed by atoms with Crippen molar-refractivity contribution in [1.29, 1.82) is 0 Å². The van der Waals surface area contributed by atoms with E-state index in [2.05, 4.69) is 28.9 Å². The molecule has 28 heavy (non-hydrogen) atoms. The van der Waals surface area contributed by atoms with E-state index in [0.717, 1.165) is 49.5 Å². The molecule has 1 heterocycles. The molecule has 0 spiro atoms. The van der Waals surface area contributed by atoms with Gasteiger partial charge in [0.2, 0.25) is 5.82 Å². The molecule has 5 heteroatoms. The lowest BCUT2D eigenvalue weighted by Crippen LogP contribution is -2.27. The maximum absolute atomic E-state index is 5.89. The summed E-state index contributed by atoms with van der Waals surface area (Å²) >= 11 is 0. The molecule has 0 aliphatic rings. The van der Waals surface area contributed by atoms with E-state index in [4.69, 9.17) is 9.26 Å². The second-order valence-corrected chi connectivity index (χ2v) is 6.86. The summed E-state index contributed by atoms with van der Waals surface area (Å²) in [4.78, 5) is 6.99. The molecule has 148 valence electrons. The van der Waals surface area contributed by atoms with Crippen molar-refractivity contribution in [2.45, 2.75) is 33.1 Å². The van der Waals surface area contributed by atoms with Gasteiger partial charge in [0.05, 0.1) is 6.61 Å². The van der Waals surface area contributed by atoms with E-state index in [1.165, 1.54) is 12.8 Å². The lowest BCUT2D eigenvalue weighted by molar-refractivity contribution is 0.234. The molecule has 0 bridgehead atoms. The molecule has 5 nitrogen and oxygen atoms in total. The van der Waals surface area contributed by atoms with Crippen LogP contribution >= 0.6 is 0 Å². The molecule has 0 saturated carbocycles. The molecule has 0 N–H and O–H groups in total. The van der Waals surface area contributed by atoms with Crippen LogP contribution in [0.1, 0.15) is 33.1 Å². The Kier molecular flexibility index (Phi) is 7.62. The molecule has 0 fully saturated rings. The summed E-state index contributed by atoms with van der Waals surface area (Å²) < 4.78 is 11.3. The van der Waals surface area contributed by atoms with E-state index in [1.807, 2.05) is 54.6 Å². The van der Waals surface area contributed by atoms with Crippen LogP contribution < -0.4 is 4.74 Å². The summed E-state index contributed by atoms with van der Waals surface area (Å²) in [6.07, 6.45) is 3.43. The number of aromatic nitrogens is 2. The summed E-state index contributed by atoms with van der Waals surface area (Å²) in [5.41, 5.74) is 1.83. The third kappa shape index (κ3) is 5.67. The lowest BCUT2D eigenvalue weighted by atomic mass is 10.2. The first-order valence-corrected chi connectivity index (χ1v) is 10.1. The third-order valence-electron chi connectivity index (χ3n) is 4.53. The second kappa shape index (κ2) is 10.6. The van der Waals surface area contributed by atoms with Crippen molar-refractivity contribution < 1.29 is 9.26 Å². The first-order chi connectivity index (χ1) is 13.8. The molecule has 0 aliphatic carbocycles. The molecule has 0 atom stereocenters. The highest BCUT2D eigenvalue weighted by Crippen LogP contribution is 2.23. The van der Waals surface area contributed by atoms with E-state index in [-0.39, 0.29) is 0 Å². The maximum Gasteiger partial charge on any atom is 0.258 e. The van der Waals surface area contributed by atoms with Gasteiger partial charge in [-0.1, -0.05) is 37.2 Å². The summed E-state index contributed by atoms with van der Waals surface area (Å²) in [6.45, 7) is 8.60. The van der Waals surface area contributed by atoms with E-state index in [9.17, 15) is 0 Å². The number of hydrogen-bond donors (Lipinski definition) is 0. The first-order valence-electron chi connectivity index (χ1n) is 10.1. The Balaban J connectivity index is 1.51. The van der Waals surface area contributed by atoms with Crippen molar-refractivity contribution in [3.8, 4) is 28.6 Å². The predicted molar refractivity (Wildman–Crippen MR) is 112 cm³/mol. The summed E-state index contributed by atoms with van der Waals surface area (Å²) in [5.74, 6) is 1.98. The highest BCUT2D eigenvalue weighted by Gasteiger charge is 2.10. The maximum atomic E-state index is 5.89. The Morgan fingerprint density at radius 3 is 2.25 bits per heavy atom. The Labute approximate surface area is 167 Å². The van der Waals surface area contributed by atoms with Crippen molar-refractivity contribution in [3.63, 3.8) is 0 Å². The van der Waals surface area contributed by atoms with Gasteiger partial charge in [-0.15, -0.1) is 0 Å².